The Morgan fingerprint density at radius 2 is 2.07 bits per heavy atom. The summed E-state index contributed by atoms with van der Waals surface area (Å²) in [5, 5.41) is 3.80. The molecule has 1 saturated heterocycles. The third kappa shape index (κ3) is 2.47. The Labute approximate surface area is 88.0 Å². The molecule has 0 unspecified atom stereocenters. The second kappa shape index (κ2) is 4.31. The highest BCUT2D eigenvalue weighted by atomic mass is 16.7. The van der Waals surface area contributed by atoms with Crippen molar-refractivity contribution in [2.45, 2.75) is 0 Å². The lowest BCUT2D eigenvalue weighted by molar-refractivity contribution is 0.0632. The van der Waals surface area contributed by atoms with Gasteiger partial charge in [-0.2, -0.15) is 0 Å². The number of likely N-dealkylation sites (N-methyl/N-ethyl adjacent to an activating group) is 1. The van der Waals surface area contributed by atoms with Gasteiger partial charge in [-0.15, -0.1) is 5.10 Å². The highest BCUT2D eigenvalue weighted by molar-refractivity contribution is 5.67. The van der Waals surface area contributed by atoms with Crippen molar-refractivity contribution >= 4 is 6.09 Å². The molecule has 1 aromatic rings. The van der Waals surface area contributed by atoms with Crippen LogP contribution in [0.25, 0.3) is 0 Å². The van der Waals surface area contributed by atoms with E-state index in [0.29, 0.717) is 13.1 Å². The number of aromatic nitrogens is 2. The van der Waals surface area contributed by atoms with Crippen molar-refractivity contribution in [2.24, 2.45) is 0 Å². The van der Waals surface area contributed by atoms with Gasteiger partial charge in [0, 0.05) is 26.2 Å². The zero-order valence-electron chi connectivity index (χ0n) is 8.67. The Balaban J connectivity index is 1.86. The summed E-state index contributed by atoms with van der Waals surface area (Å²) >= 11 is 0. The Bertz CT molecular complexity index is 317. The van der Waals surface area contributed by atoms with Crippen LogP contribution >= 0.6 is 0 Å². The number of rotatable bonds is 1. The summed E-state index contributed by atoms with van der Waals surface area (Å²) in [5.41, 5.74) is 0. The number of hydrogen-bond donors (Lipinski definition) is 0. The van der Waals surface area contributed by atoms with E-state index in [1.54, 1.807) is 23.4 Å². The molecule has 2 heterocycles. The van der Waals surface area contributed by atoms with Crippen LogP contribution in [0.1, 0.15) is 0 Å². The van der Waals surface area contributed by atoms with Gasteiger partial charge in [0.05, 0.1) is 12.4 Å². The van der Waals surface area contributed by atoms with E-state index in [1.807, 2.05) is 7.05 Å². The molecule has 15 heavy (non-hydrogen) atoms. The Hall–Kier alpha value is -1.56. The fraction of sp³-hybridized carbons (Fsp3) is 0.556. The van der Waals surface area contributed by atoms with E-state index < -0.39 is 0 Å². The summed E-state index contributed by atoms with van der Waals surface area (Å²) in [5.74, 6) is 0. The van der Waals surface area contributed by atoms with Gasteiger partial charge in [-0.05, 0) is 13.1 Å². The van der Waals surface area contributed by atoms with E-state index >= 15 is 0 Å². The molecule has 82 valence electrons. The lowest BCUT2D eigenvalue weighted by Crippen LogP contribution is -2.49. The van der Waals surface area contributed by atoms with Crippen molar-refractivity contribution in [1.29, 1.82) is 0 Å². The molecule has 0 radical (unpaired) electrons. The molecule has 2 rings (SSSR count). The zero-order chi connectivity index (χ0) is 10.7. The molecule has 0 atom stereocenters. The quantitative estimate of drug-likeness (QED) is 0.637. The standard InChI is InChI=1S/C9H14N4O2/c1-11-5-7-12(8-6-11)9(14)15-13-4-2-3-10-13/h2-4H,5-8H2,1H3. The first kappa shape index (κ1) is 9.97. The maximum absolute atomic E-state index is 11.6. The van der Waals surface area contributed by atoms with Crippen molar-refractivity contribution in [1.82, 2.24) is 19.7 Å². The fourth-order valence-electron chi connectivity index (χ4n) is 1.44. The largest absolute Gasteiger partial charge is 0.436 e. The SMILES string of the molecule is CN1CCN(C(=O)On2cccn2)CC1. The molecular weight excluding hydrogens is 196 g/mol. The number of carbonyl (C=O) groups excluding carboxylic acids is 1. The van der Waals surface area contributed by atoms with Crippen LogP contribution in [0.5, 0.6) is 0 Å². The van der Waals surface area contributed by atoms with E-state index in [-0.39, 0.29) is 6.09 Å². The maximum Gasteiger partial charge on any atom is 0.436 e. The molecule has 0 spiro atoms. The van der Waals surface area contributed by atoms with Gasteiger partial charge < -0.3 is 9.80 Å². The van der Waals surface area contributed by atoms with Crippen molar-refractivity contribution in [3.8, 4) is 0 Å². The van der Waals surface area contributed by atoms with Crippen LogP contribution in [0.4, 0.5) is 4.79 Å². The minimum absolute atomic E-state index is 0.341. The van der Waals surface area contributed by atoms with Crippen LogP contribution in [0.3, 0.4) is 0 Å². The first-order valence-corrected chi connectivity index (χ1v) is 4.91. The smallest absolute Gasteiger partial charge is 0.304 e. The lowest BCUT2D eigenvalue weighted by atomic mass is 10.3. The van der Waals surface area contributed by atoms with Crippen molar-refractivity contribution in [3.63, 3.8) is 0 Å². The van der Waals surface area contributed by atoms with E-state index in [0.717, 1.165) is 13.1 Å². The molecule has 0 N–H and O–H groups in total. The van der Waals surface area contributed by atoms with Crippen molar-refractivity contribution in [2.75, 3.05) is 33.2 Å². The first-order valence-electron chi connectivity index (χ1n) is 4.91. The minimum Gasteiger partial charge on any atom is -0.304 e. The summed E-state index contributed by atoms with van der Waals surface area (Å²) in [7, 11) is 2.04. The molecule has 0 aromatic carbocycles. The number of piperazine rings is 1. The predicted molar refractivity (Wildman–Crippen MR) is 53.3 cm³/mol. The molecule has 1 aliphatic heterocycles. The van der Waals surface area contributed by atoms with Gasteiger partial charge in [0.15, 0.2) is 0 Å². The van der Waals surface area contributed by atoms with E-state index in [1.165, 1.54) is 4.85 Å². The van der Waals surface area contributed by atoms with Crippen LogP contribution < -0.4 is 4.84 Å². The zero-order valence-corrected chi connectivity index (χ0v) is 8.67. The second-order valence-electron chi connectivity index (χ2n) is 3.56. The van der Waals surface area contributed by atoms with Crippen molar-refractivity contribution in [3.05, 3.63) is 18.5 Å². The highest BCUT2D eigenvalue weighted by Gasteiger charge is 2.20. The Kier molecular flexibility index (Phi) is 2.86. The number of hydrogen-bond acceptors (Lipinski definition) is 4. The second-order valence-corrected chi connectivity index (χ2v) is 3.56. The van der Waals surface area contributed by atoms with Crippen molar-refractivity contribution < 1.29 is 9.63 Å². The normalized spacial score (nSPS) is 17.8. The number of nitrogens with zero attached hydrogens (tertiary/aromatic N) is 4. The summed E-state index contributed by atoms with van der Waals surface area (Å²) in [6.45, 7) is 3.18. The molecule has 1 amide bonds. The average molecular weight is 210 g/mol. The number of amides is 1. The minimum atomic E-state index is -0.341. The Morgan fingerprint density at radius 1 is 1.33 bits per heavy atom. The van der Waals surface area contributed by atoms with Gasteiger partial charge in [0.1, 0.15) is 0 Å². The fourth-order valence-corrected chi connectivity index (χ4v) is 1.44. The third-order valence-electron chi connectivity index (χ3n) is 2.41. The molecule has 0 bridgehead atoms. The van der Waals surface area contributed by atoms with Gasteiger partial charge >= 0.3 is 6.09 Å². The molecule has 0 aliphatic carbocycles. The monoisotopic (exact) mass is 210 g/mol. The van der Waals surface area contributed by atoms with Gasteiger partial charge in [0.25, 0.3) is 0 Å². The predicted octanol–water partition coefficient (Wildman–Crippen LogP) is -0.321. The van der Waals surface area contributed by atoms with Gasteiger partial charge in [-0.25, -0.2) is 4.79 Å². The van der Waals surface area contributed by atoms with E-state index in [4.69, 9.17) is 4.84 Å². The molecule has 6 heteroatoms. The lowest BCUT2D eigenvalue weighted by Gasteiger charge is -2.31. The first-order chi connectivity index (χ1) is 7.25. The topological polar surface area (TPSA) is 50.6 Å². The molecule has 0 saturated carbocycles. The summed E-state index contributed by atoms with van der Waals surface area (Å²) in [6.07, 6.45) is 2.82. The number of carbonyl (C=O) groups is 1. The van der Waals surface area contributed by atoms with Crippen LogP contribution in [0, 0.1) is 0 Å². The summed E-state index contributed by atoms with van der Waals surface area (Å²) in [4.78, 5) is 21.6. The third-order valence-corrected chi connectivity index (χ3v) is 2.41. The molecular formula is C9H14N4O2. The average Bonchev–Trinajstić information content (AvgIpc) is 2.71. The van der Waals surface area contributed by atoms with Crippen LogP contribution in [-0.2, 0) is 0 Å². The van der Waals surface area contributed by atoms with Crippen LogP contribution in [0.2, 0.25) is 0 Å². The van der Waals surface area contributed by atoms with Crippen LogP contribution in [-0.4, -0.2) is 59.1 Å². The van der Waals surface area contributed by atoms with Gasteiger partial charge in [-0.3, -0.25) is 4.84 Å². The molecule has 1 aliphatic rings. The summed E-state index contributed by atoms with van der Waals surface area (Å²) in [6, 6.07) is 1.71. The van der Waals surface area contributed by atoms with Gasteiger partial charge in [0.2, 0.25) is 0 Å². The molecule has 6 nitrogen and oxygen atoms in total. The van der Waals surface area contributed by atoms with E-state index in [9.17, 15) is 4.79 Å². The Morgan fingerprint density at radius 3 is 2.67 bits per heavy atom. The highest BCUT2D eigenvalue weighted by Crippen LogP contribution is 2.00. The van der Waals surface area contributed by atoms with Crippen LogP contribution in [0.15, 0.2) is 18.5 Å². The van der Waals surface area contributed by atoms with Gasteiger partial charge in [-0.1, -0.05) is 4.85 Å². The molecule has 1 fully saturated rings. The van der Waals surface area contributed by atoms with E-state index in [2.05, 4.69) is 10.00 Å². The maximum atomic E-state index is 11.6. The molecule has 1 aromatic heterocycles. The summed E-state index contributed by atoms with van der Waals surface area (Å²) < 4.78 is 0.